The Balaban J connectivity index is 0.00000306. The van der Waals surface area contributed by atoms with E-state index in [9.17, 15) is 9.59 Å². The topological polar surface area (TPSA) is 52.7 Å². The van der Waals surface area contributed by atoms with E-state index in [1.807, 2.05) is 11.0 Å². The molecule has 33 heavy (non-hydrogen) atoms. The van der Waals surface area contributed by atoms with E-state index >= 15 is 0 Å². The second-order valence-corrected chi connectivity index (χ2v) is 10.4. The zero-order valence-corrected chi connectivity index (χ0v) is 21.2. The quantitative estimate of drug-likeness (QED) is 0.617. The van der Waals surface area contributed by atoms with Gasteiger partial charge >= 0.3 is 0 Å². The molecule has 1 aromatic carbocycles. The average Bonchev–Trinajstić information content (AvgIpc) is 2.80. The summed E-state index contributed by atoms with van der Waals surface area (Å²) in [5.41, 5.74) is 0.609. The zero-order chi connectivity index (χ0) is 22.6. The number of nitrogens with one attached hydrogen (secondary N) is 1. The first-order valence-corrected chi connectivity index (χ1v) is 12.9. The highest BCUT2D eigenvalue weighted by atomic mass is 35.5. The lowest BCUT2D eigenvalue weighted by Gasteiger charge is -2.55. The van der Waals surface area contributed by atoms with Crippen molar-refractivity contribution in [2.24, 2.45) is 11.8 Å². The van der Waals surface area contributed by atoms with Gasteiger partial charge in [0.25, 0.3) is 0 Å². The molecule has 1 aliphatic carbocycles. The Hall–Kier alpha value is -1.59. The number of piperazine rings is 1. The number of hydrogen-bond donors (Lipinski definition) is 1. The third-order valence-corrected chi connectivity index (χ3v) is 8.18. The third kappa shape index (κ3) is 5.57. The highest BCUT2D eigenvalue weighted by Crippen LogP contribution is 2.39. The molecule has 1 aromatic rings. The number of piperidine rings is 1. The number of carbonyl (C=O) groups is 2. The van der Waals surface area contributed by atoms with Crippen LogP contribution in [0.1, 0.15) is 77.2 Å². The van der Waals surface area contributed by atoms with Gasteiger partial charge in [-0.15, -0.1) is 12.4 Å². The minimum atomic E-state index is -0.692. The molecule has 2 saturated heterocycles. The maximum absolute atomic E-state index is 13.7. The summed E-state index contributed by atoms with van der Waals surface area (Å²) >= 11 is 0. The Morgan fingerprint density at radius 2 is 1.82 bits per heavy atom. The molecule has 1 N–H and O–H groups in total. The van der Waals surface area contributed by atoms with Crippen molar-refractivity contribution < 1.29 is 9.59 Å². The number of nitrogens with zero attached hydrogens (tertiary/aromatic N) is 2. The number of halogens is 1. The molecule has 0 bridgehead atoms. The van der Waals surface area contributed by atoms with Crippen molar-refractivity contribution >= 4 is 24.2 Å². The Morgan fingerprint density at radius 3 is 2.48 bits per heavy atom. The van der Waals surface area contributed by atoms with E-state index in [2.05, 4.69) is 48.3 Å². The van der Waals surface area contributed by atoms with Gasteiger partial charge in [-0.3, -0.25) is 14.5 Å². The lowest BCUT2D eigenvalue weighted by Crippen LogP contribution is -2.75. The van der Waals surface area contributed by atoms with Gasteiger partial charge in [0.2, 0.25) is 11.8 Å². The van der Waals surface area contributed by atoms with E-state index in [1.54, 1.807) is 0 Å². The third-order valence-electron chi connectivity index (χ3n) is 8.18. The fourth-order valence-electron chi connectivity index (χ4n) is 6.32. The number of benzene rings is 1. The number of carbonyl (C=O) groups excluding carboxylic acids is 2. The Labute approximate surface area is 206 Å². The minimum Gasteiger partial charge on any atom is -0.342 e. The van der Waals surface area contributed by atoms with Gasteiger partial charge in [0.05, 0.1) is 0 Å². The summed E-state index contributed by atoms with van der Waals surface area (Å²) in [5.74, 6) is 0.953. The van der Waals surface area contributed by atoms with E-state index in [-0.39, 0.29) is 36.2 Å². The van der Waals surface area contributed by atoms with Crippen LogP contribution in [-0.4, -0.2) is 52.8 Å². The normalized spacial score (nSPS) is 29.1. The van der Waals surface area contributed by atoms with Crippen molar-refractivity contribution in [2.45, 2.75) is 89.8 Å². The van der Waals surface area contributed by atoms with Gasteiger partial charge in [0.15, 0.2) is 0 Å². The molecule has 1 saturated carbocycles. The summed E-state index contributed by atoms with van der Waals surface area (Å²) in [5, 5.41) is 3.23. The monoisotopic (exact) mass is 475 g/mol. The van der Waals surface area contributed by atoms with Gasteiger partial charge in [0.1, 0.15) is 11.6 Å². The number of rotatable bonds is 7. The molecule has 2 unspecified atom stereocenters. The van der Waals surface area contributed by atoms with Crippen molar-refractivity contribution in [2.75, 3.05) is 19.6 Å². The van der Waals surface area contributed by atoms with E-state index in [1.165, 1.54) is 37.7 Å². The highest BCUT2D eigenvalue weighted by Gasteiger charge is 2.56. The molecule has 2 heterocycles. The predicted molar refractivity (Wildman–Crippen MR) is 135 cm³/mol. The first-order chi connectivity index (χ1) is 15.5. The SMILES string of the molecule is CCCCN1C(=O)[C@H](CC2CCCCC2)NC(=O)C12CCN(Cc1ccccc1)CC2C.Cl. The van der Waals surface area contributed by atoms with Gasteiger partial charge in [0, 0.05) is 32.1 Å². The van der Waals surface area contributed by atoms with Gasteiger partial charge in [-0.25, -0.2) is 0 Å². The molecule has 184 valence electrons. The fourth-order valence-corrected chi connectivity index (χ4v) is 6.32. The van der Waals surface area contributed by atoms with Crippen molar-refractivity contribution in [1.82, 2.24) is 15.1 Å². The van der Waals surface area contributed by atoms with Crippen molar-refractivity contribution in [3.8, 4) is 0 Å². The van der Waals surface area contributed by atoms with Crippen LogP contribution in [0.4, 0.5) is 0 Å². The molecule has 2 aliphatic heterocycles. The van der Waals surface area contributed by atoms with E-state index < -0.39 is 5.54 Å². The smallest absolute Gasteiger partial charge is 0.247 e. The van der Waals surface area contributed by atoms with Crippen LogP contribution in [0.25, 0.3) is 0 Å². The molecule has 3 fully saturated rings. The second kappa shape index (κ2) is 11.7. The zero-order valence-electron chi connectivity index (χ0n) is 20.4. The molecule has 1 spiro atoms. The van der Waals surface area contributed by atoms with Gasteiger partial charge in [-0.05, 0) is 30.7 Å². The largest absolute Gasteiger partial charge is 0.342 e. The van der Waals surface area contributed by atoms with Crippen LogP contribution in [0.2, 0.25) is 0 Å². The lowest BCUT2D eigenvalue weighted by molar-refractivity contribution is -0.166. The molecule has 6 heteroatoms. The van der Waals surface area contributed by atoms with Gasteiger partial charge in [-0.2, -0.15) is 0 Å². The number of likely N-dealkylation sites (tertiary alicyclic amines) is 1. The van der Waals surface area contributed by atoms with E-state index in [4.69, 9.17) is 0 Å². The van der Waals surface area contributed by atoms with Gasteiger partial charge in [-0.1, -0.05) is 82.7 Å². The lowest BCUT2D eigenvalue weighted by atomic mass is 9.73. The summed E-state index contributed by atoms with van der Waals surface area (Å²) < 4.78 is 0. The first kappa shape index (κ1) is 26.0. The van der Waals surface area contributed by atoms with E-state index in [0.717, 1.165) is 45.3 Å². The first-order valence-electron chi connectivity index (χ1n) is 12.9. The predicted octanol–water partition coefficient (Wildman–Crippen LogP) is 4.79. The molecule has 5 nitrogen and oxygen atoms in total. The molecule has 0 aromatic heterocycles. The van der Waals surface area contributed by atoms with Crippen LogP contribution >= 0.6 is 12.4 Å². The van der Waals surface area contributed by atoms with Crippen LogP contribution in [0.15, 0.2) is 30.3 Å². The van der Waals surface area contributed by atoms with Crippen molar-refractivity contribution in [3.63, 3.8) is 0 Å². The maximum Gasteiger partial charge on any atom is 0.247 e. The minimum absolute atomic E-state index is 0. The summed E-state index contributed by atoms with van der Waals surface area (Å²) in [7, 11) is 0. The van der Waals surface area contributed by atoms with Gasteiger partial charge < -0.3 is 10.2 Å². The maximum atomic E-state index is 13.7. The van der Waals surface area contributed by atoms with Crippen LogP contribution in [0, 0.1) is 11.8 Å². The van der Waals surface area contributed by atoms with Crippen LogP contribution in [-0.2, 0) is 16.1 Å². The summed E-state index contributed by atoms with van der Waals surface area (Å²) in [4.78, 5) is 31.9. The standard InChI is InChI=1S/C27H41N3O2.ClH/c1-3-4-16-30-25(31)24(18-22-11-7-5-8-12-22)28-26(32)27(30)15-17-29(19-21(27)2)20-23-13-9-6-10-14-23;/h6,9-10,13-14,21-22,24H,3-5,7-8,11-12,15-20H2,1-2H3,(H,28,32);1H/t21?,24-,27?;/m0./s1. The Morgan fingerprint density at radius 1 is 1.09 bits per heavy atom. The van der Waals surface area contributed by atoms with Crippen LogP contribution in [0.5, 0.6) is 0 Å². The Bertz CT molecular complexity index is 783. The highest BCUT2D eigenvalue weighted by molar-refractivity contribution is 6.00. The summed E-state index contributed by atoms with van der Waals surface area (Å²) in [6, 6.07) is 10.2. The summed E-state index contributed by atoms with van der Waals surface area (Å²) in [6.45, 7) is 7.61. The number of unbranched alkanes of at least 4 members (excludes halogenated alkanes) is 1. The van der Waals surface area contributed by atoms with E-state index in [0.29, 0.717) is 12.5 Å². The second-order valence-electron chi connectivity index (χ2n) is 10.4. The molecule has 3 aliphatic rings. The average molecular weight is 476 g/mol. The fraction of sp³-hybridized carbons (Fsp3) is 0.704. The molecule has 3 atom stereocenters. The summed E-state index contributed by atoms with van der Waals surface area (Å²) in [6.07, 6.45) is 9.75. The molecule has 2 amide bonds. The molecular formula is C27H42ClN3O2. The molecule has 0 radical (unpaired) electrons. The molecule has 4 rings (SSSR count). The van der Waals surface area contributed by atoms with Crippen LogP contribution in [0.3, 0.4) is 0 Å². The van der Waals surface area contributed by atoms with Crippen molar-refractivity contribution in [3.05, 3.63) is 35.9 Å². The van der Waals surface area contributed by atoms with Crippen LogP contribution < -0.4 is 5.32 Å². The molecular weight excluding hydrogens is 434 g/mol. The Kier molecular flexibility index (Phi) is 9.23. The number of amides is 2. The number of hydrogen-bond acceptors (Lipinski definition) is 3. The van der Waals surface area contributed by atoms with Crippen molar-refractivity contribution in [1.29, 1.82) is 0 Å².